The first-order valence-electron chi connectivity index (χ1n) is 16.4. The van der Waals surface area contributed by atoms with E-state index in [0.29, 0.717) is 42.6 Å². The number of benzene rings is 2. The lowest BCUT2D eigenvalue weighted by atomic mass is 9.70. The summed E-state index contributed by atoms with van der Waals surface area (Å²) in [6, 6.07) is 11.1. The monoisotopic (exact) mass is 671 g/mol. The Morgan fingerprint density at radius 3 is 2.67 bits per heavy atom. The Labute approximate surface area is 278 Å². The van der Waals surface area contributed by atoms with Crippen molar-refractivity contribution < 1.29 is 27.5 Å². The summed E-state index contributed by atoms with van der Waals surface area (Å²) in [7, 11) is -0.492. The van der Waals surface area contributed by atoms with Gasteiger partial charge in [0.05, 0.1) is 17.0 Å². The van der Waals surface area contributed by atoms with Gasteiger partial charge in [-0.1, -0.05) is 36.7 Å². The molecule has 1 fully saturated rings. The largest absolute Gasteiger partial charge is 0.487 e. The molecule has 46 heavy (non-hydrogen) atoms. The van der Waals surface area contributed by atoms with Crippen molar-refractivity contribution in [2.24, 2.45) is 11.8 Å². The molecule has 2 heterocycles. The normalized spacial score (nSPS) is 25.7. The van der Waals surface area contributed by atoms with E-state index in [0.717, 1.165) is 62.0 Å². The quantitative estimate of drug-likeness (QED) is 0.413. The van der Waals surface area contributed by atoms with E-state index in [1.807, 2.05) is 37.3 Å². The molecule has 5 rings (SSSR count). The molecule has 0 unspecified atom stereocenters. The summed E-state index contributed by atoms with van der Waals surface area (Å²) < 4.78 is 41.7. The van der Waals surface area contributed by atoms with Gasteiger partial charge in [0.1, 0.15) is 19.0 Å². The van der Waals surface area contributed by atoms with Crippen molar-refractivity contribution in [3.05, 3.63) is 70.3 Å². The van der Waals surface area contributed by atoms with Crippen molar-refractivity contribution in [2.45, 2.75) is 76.3 Å². The topological polar surface area (TPSA) is 105 Å². The van der Waals surface area contributed by atoms with Crippen molar-refractivity contribution in [1.82, 2.24) is 9.62 Å². The third-order valence-corrected chi connectivity index (χ3v) is 11.8. The fourth-order valence-electron chi connectivity index (χ4n) is 6.60. The Bertz CT molecular complexity index is 1540. The molecule has 2 aromatic carbocycles. The molecular formula is C35H46ClN3O6S. The first-order chi connectivity index (χ1) is 22.1. The van der Waals surface area contributed by atoms with Crippen molar-refractivity contribution in [3.63, 3.8) is 0 Å². The van der Waals surface area contributed by atoms with Crippen molar-refractivity contribution in [1.29, 1.82) is 0 Å². The van der Waals surface area contributed by atoms with E-state index < -0.39 is 21.2 Å². The Balaban J connectivity index is 1.52. The maximum Gasteiger partial charge on any atom is 0.264 e. The van der Waals surface area contributed by atoms with Crippen LogP contribution >= 0.6 is 11.6 Å². The van der Waals surface area contributed by atoms with Gasteiger partial charge in [-0.15, -0.1) is 0 Å². The Morgan fingerprint density at radius 2 is 1.93 bits per heavy atom. The number of likely N-dealkylation sites (N-methyl/N-ethyl adjacent to an activating group) is 1. The van der Waals surface area contributed by atoms with Gasteiger partial charge in [0, 0.05) is 37.8 Å². The van der Waals surface area contributed by atoms with Crippen LogP contribution in [0.15, 0.2) is 48.6 Å². The first-order valence-corrected chi connectivity index (χ1v) is 18.3. The molecule has 250 valence electrons. The van der Waals surface area contributed by atoms with E-state index in [-0.39, 0.29) is 30.1 Å². The van der Waals surface area contributed by atoms with Gasteiger partial charge in [-0.2, -0.15) is 0 Å². The number of hydrogen-bond donors (Lipinski definition) is 1. The third-order valence-electron chi connectivity index (χ3n) is 9.60. The van der Waals surface area contributed by atoms with Crippen molar-refractivity contribution in [3.8, 4) is 5.75 Å². The molecule has 0 spiro atoms. The number of hydrogen-bond acceptors (Lipinski definition) is 7. The van der Waals surface area contributed by atoms with Gasteiger partial charge in [-0.3, -0.25) is 9.59 Å². The highest BCUT2D eigenvalue weighted by atomic mass is 35.5. The van der Waals surface area contributed by atoms with Crippen LogP contribution in [0.2, 0.25) is 5.02 Å². The minimum absolute atomic E-state index is 0.0163. The van der Waals surface area contributed by atoms with Crippen LogP contribution in [0.4, 0.5) is 5.69 Å². The van der Waals surface area contributed by atoms with Crippen LogP contribution in [0.5, 0.6) is 5.75 Å². The summed E-state index contributed by atoms with van der Waals surface area (Å²) in [5.41, 5.74) is 3.27. The number of nitrogens with one attached hydrogen (secondary N) is 1. The molecule has 1 aliphatic carbocycles. The molecule has 1 saturated carbocycles. The van der Waals surface area contributed by atoms with E-state index in [1.165, 1.54) is 4.90 Å². The second kappa shape index (κ2) is 15.2. The number of rotatable bonds is 4. The second-order valence-corrected chi connectivity index (χ2v) is 15.3. The Morgan fingerprint density at radius 1 is 1.11 bits per heavy atom. The molecular weight excluding hydrogens is 626 g/mol. The van der Waals surface area contributed by atoms with E-state index >= 15 is 0 Å². The molecule has 0 saturated heterocycles. The summed E-state index contributed by atoms with van der Waals surface area (Å²) in [5, 5.41) is -0.0291. The molecule has 2 aromatic rings. The number of halogens is 1. The van der Waals surface area contributed by atoms with Crippen LogP contribution in [0.25, 0.3) is 0 Å². The van der Waals surface area contributed by atoms with Gasteiger partial charge < -0.3 is 19.3 Å². The molecule has 1 N–H and O–H groups in total. The van der Waals surface area contributed by atoms with E-state index in [2.05, 4.69) is 9.62 Å². The smallest absolute Gasteiger partial charge is 0.264 e. The maximum atomic E-state index is 13.4. The van der Waals surface area contributed by atoms with Crippen LogP contribution < -0.4 is 14.4 Å². The van der Waals surface area contributed by atoms with Crippen LogP contribution in [0, 0.1) is 11.8 Å². The lowest BCUT2D eigenvalue weighted by molar-refractivity contribution is -0.137. The van der Waals surface area contributed by atoms with Crippen molar-refractivity contribution in [2.75, 3.05) is 38.7 Å². The van der Waals surface area contributed by atoms with Crippen LogP contribution in [0.1, 0.15) is 73.4 Å². The minimum atomic E-state index is -3.92. The van der Waals surface area contributed by atoms with Gasteiger partial charge in [-0.25, -0.2) is 13.1 Å². The number of amides is 2. The van der Waals surface area contributed by atoms with Gasteiger partial charge in [0.2, 0.25) is 15.9 Å². The lowest BCUT2D eigenvalue weighted by Gasteiger charge is -2.44. The number of allylic oxidation sites excluding steroid dienone is 1. The van der Waals surface area contributed by atoms with E-state index in [1.54, 1.807) is 32.3 Å². The number of nitrogens with zero attached hydrogens (tertiary/aromatic N) is 2. The van der Waals surface area contributed by atoms with Crippen LogP contribution in [-0.4, -0.2) is 70.3 Å². The Kier molecular flexibility index (Phi) is 11.3. The molecule has 4 atom stereocenters. The molecule has 11 heteroatoms. The molecule has 9 nitrogen and oxygen atoms in total. The van der Waals surface area contributed by atoms with E-state index in [9.17, 15) is 18.0 Å². The predicted octanol–water partition coefficient (Wildman–Crippen LogP) is 5.75. The highest BCUT2D eigenvalue weighted by molar-refractivity contribution is 7.90. The SMILES string of the molecule is CC[C@@H]1CC/C=C/[C@H](OCC(=O)N(C)C)[C@@H]2CC[C@H]2CN2CCCCc3cc(Cl)ccc3COc3ccc(cc32)C(=O)NS1(=O)=O. The lowest BCUT2D eigenvalue weighted by Crippen LogP contribution is -2.45. The number of fused-ring (bicyclic) bond motifs is 3. The maximum absolute atomic E-state index is 13.4. The molecule has 2 amide bonds. The number of carbonyl (C=O) groups is 2. The van der Waals surface area contributed by atoms with Gasteiger partial charge in [-0.05, 0) is 105 Å². The zero-order valence-electron chi connectivity index (χ0n) is 27.0. The molecule has 0 radical (unpaired) electrons. The van der Waals surface area contributed by atoms with Crippen molar-refractivity contribution >= 4 is 39.1 Å². The summed E-state index contributed by atoms with van der Waals surface area (Å²) in [6.07, 6.45) is 9.69. The molecule has 2 aliphatic heterocycles. The highest BCUT2D eigenvalue weighted by Gasteiger charge is 2.38. The first kappa shape index (κ1) is 34.3. The standard InChI is InChI=1S/C35H46ClN3O6S/c1-4-29-10-5-6-11-32(45-23-34(40)38(2)3)30-16-13-26(30)21-39-18-8-7-9-24-19-28(36)15-12-27(24)22-44-33-17-14-25(20-31(33)39)35(41)37-46(29,42)43/h6,11-12,14-15,17,19-20,26,29-30,32H,4-5,7-10,13,16,18,21-23H2,1-3H3,(H,37,41)/b11-6+/t26-,29+,30+,32-/m0/s1. The third kappa shape index (κ3) is 8.25. The fourth-order valence-corrected chi connectivity index (χ4v) is 8.22. The predicted molar refractivity (Wildman–Crippen MR) is 181 cm³/mol. The number of carbonyl (C=O) groups excluding carboxylic acids is 2. The molecule has 3 aliphatic rings. The average Bonchev–Trinajstić information content (AvgIpc) is 3.03. The van der Waals surface area contributed by atoms with Crippen LogP contribution in [0.3, 0.4) is 0 Å². The van der Waals surface area contributed by atoms with Gasteiger partial charge in [0.15, 0.2) is 0 Å². The highest BCUT2D eigenvalue weighted by Crippen LogP contribution is 2.42. The van der Waals surface area contributed by atoms with Gasteiger partial charge >= 0.3 is 0 Å². The number of sulfonamides is 1. The second-order valence-electron chi connectivity index (χ2n) is 12.9. The number of aryl methyl sites for hydroxylation is 1. The minimum Gasteiger partial charge on any atom is -0.487 e. The molecule has 0 aromatic heterocycles. The average molecular weight is 672 g/mol. The summed E-state index contributed by atoms with van der Waals surface area (Å²) >= 11 is 6.34. The van der Waals surface area contributed by atoms with Gasteiger partial charge in [0.25, 0.3) is 5.91 Å². The molecule has 2 bridgehead atoms. The van der Waals surface area contributed by atoms with E-state index in [4.69, 9.17) is 21.1 Å². The summed E-state index contributed by atoms with van der Waals surface area (Å²) in [5.74, 6) is 0.392. The number of anilines is 1. The fraction of sp³-hybridized carbons (Fsp3) is 0.543. The van der Waals surface area contributed by atoms with Crippen LogP contribution in [-0.2, 0) is 32.6 Å². The Hall–Kier alpha value is -3.08. The zero-order valence-corrected chi connectivity index (χ0v) is 28.6. The summed E-state index contributed by atoms with van der Waals surface area (Å²) in [6.45, 7) is 3.60. The zero-order chi connectivity index (χ0) is 32.8. The number of ether oxygens (including phenoxy) is 2. The summed E-state index contributed by atoms with van der Waals surface area (Å²) in [4.78, 5) is 29.7.